The summed E-state index contributed by atoms with van der Waals surface area (Å²) in [6, 6.07) is 13.3. The van der Waals surface area contributed by atoms with E-state index in [1.54, 1.807) is 18.4 Å². The van der Waals surface area contributed by atoms with E-state index in [1.165, 1.54) is 24.8 Å². The zero-order valence-electron chi connectivity index (χ0n) is 15.1. The van der Waals surface area contributed by atoms with Crippen LogP contribution in [0.4, 0.5) is 5.82 Å². The van der Waals surface area contributed by atoms with Crippen molar-refractivity contribution < 1.29 is 4.74 Å². The molecule has 3 aromatic rings. The molecule has 2 aromatic heterocycles. The van der Waals surface area contributed by atoms with Gasteiger partial charge in [-0.3, -0.25) is 0 Å². The number of aromatic nitrogens is 1. The number of anilines is 1. The first-order valence-electron chi connectivity index (χ1n) is 9.26. The molecule has 0 bridgehead atoms. The zero-order valence-corrected chi connectivity index (χ0v) is 15.9. The first-order valence-corrected chi connectivity index (χ1v) is 10.2. The average molecular weight is 368 g/mol. The Hall–Kier alpha value is -2.11. The molecule has 4 rings (SSSR count). The van der Waals surface area contributed by atoms with E-state index in [0.717, 1.165) is 35.4 Å². The molecule has 0 saturated heterocycles. The van der Waals surface area contributed by atoms with Crippen LogP contribution < -0.4 is 15.4 Å². The Bertz CT molecular complexity index is 850. The van der Waals surface area contributed by atoms with E-state index < -0.39 is 0 Å². The Morgan fingerprint density at radius 2 is 2.08 bits per heavy atom. The van der Waals surface area contributed by atoms with Crippen molar-refractivity contribution >= 4 is 28.1 Å². The second kappa shape index (κ2) is 8.06. The van der Waals surface area contributed by atoms with Gasteiger partial charge in [0.1, 0.15) is 11.6 Å². The minimum absolute atomic E-state index is 0.446. The average Bonchev–Trinajstić information content (AvgIpc) is 3.20. The molecule has 2 heterocycles. The van der Waals surface area contributed by atoms with Crippen molar-refractivity contribution in [2.75, 3.05) is 12.4 Å². The number of rotatable bonds is 6. The number of pyridine rings is 1. The molecule has 0 unspecified atom stereocenters. The summed E-state index contributed by atoms with van der Waals surface area (Å²) in [5.41, 5.74) is 2.35. The van der Waals surface area contributed by atoms with Gasteiger partial charge in [0.25, 0.3) is 0 Å². The minimum Gasteiger partial charge on any atom is -0.496 e. The summed E-state index contributed by atoms with van der Waals surface area (Å²) in [5, 5.41) is 12.8. The summed E-state index contributed by atoms with van der Waals surface area (Å²) >= 11 is 1.76. The Labute approximate surface area is 158 Å². The number of hydrogen-bond acceptors (Lipinski definition) is 5. The van der Waals surface area contributed by atoms with Crippen molar-refractivity contribution in [3.05, 3.63) is 52.7 Å². The van der Waals surface area contributed by atoms with Crippen LogP contribution in [-0.4, -0.2) is 24.2 Å². The largest absolute Gasteiger partial charge is 0.496 e. The predicted octanol–water partition coefficient (Wildman–Crippen LogP) is 4.82. The fraction of sp³-hybridized carbons (Fsp3) is 0.381. The molecular formula is C21H25N3OS. The molecule has 0 aliphatic heterocycles. The van der Waals surface area contributed by atoms with E-state index >= 15 is 0 Å². The van der Waals surface area contributed by atoms with Gasteiger partial charge in [0.05, 0.1) is 12.6 Å². The maximum Gasteiger partial charge on any atom is 0.131 e. The number of para-hydroxylation sites is 1. The first kappa shape index (κ1) is 17.3. The van der Waals surface area contributed by atoms with E-state index in [9.17, 15) is 0 Å². The second-order valence-corrected chi connectivity index (χ2v) is 7.72. The predicted molar refractivity (Wildman–Crippen MR) is 109 cm³/mol. The second-order valence-electron chi connectivity index (χ2n) is 6.94. The van der Waals surface area contributed by atoms with Gasteiger partial charge in [0, 0.05) is 30.1 Å². The molecule has 2 atom stereocenters. The van der Waals surface area contributed by atoms with Gasteiger partial charge in [0.15, 0.2) is 0 Å². The molecule has 26 heavy (non-hydrogen) atoms. The smallest absolute Gasteiger partial charge is 0.131 e. The lowest BCUT2D eigenvalue weighted by molar-refractivity contribution is 0.350. The SMILES string of the molecule is COc1cc(N[C@H]2CCC[C@H](NCc3ccsc3)C2)nc2ccccc12. The van der Waals surface area contributed by atoms with Crippen molar-refractivity contribution in [3.63, 3.8) is 0 Å². The Morgan fingerprint density at radius 3 is 2.92 bits per heavy atom. The van der Waals surface area contributed by atoms with Gasteiger partial charge < -0.3 is 15.4 Å². The number of nitrogens with one attached hydrogen (secondary N) is 2. The van der Waals surface area contributed by atoms with Gasteiger partial charge in [-0.25, -0.2) is 4.98 Å². The van der Waals surface area contributed by atoms with Crippen LogP contribution in [-0.2, 0) is 6.54 Å². The number of hydrogen-bond donors (Lipinski definition) is 2. The van der Waals surface area contributed by atoms with Crippen molar-refractivity contribution in [2.24, 2.45) is 0 Å². The third-order valence-electron chi connectivity index (χ3n) is 5.10. The number of benzene rings is 1. The van der Waals surface area contributed by atoms with E-state index in [1.807, 2.05) is 24.3 Å². The first-order chi connectivity index (χ1) is 12.8. The lowest BCUT2D eigenvalue weighted by Gasteiger charge is -2.31. The van der Waals surface area contributed by atoms with E-state index in [0.29, 0.717) is 12.1 Å². The molecule has 136 valence electrons. The number of methoxy groups -OCH3 is 1. The molecule has 2 N–H and O–H groups in total. The van der Waals surface area contributed by atoms with Gasteiger partial charge in [0.2, 0.25) is 0 Å². The van der Waals surface area contributed by atoms with Crippen molar-refractivity contribution in [2.45, 2.75) is 44.3 Å². The van der Waals surface area contributed by atoms with Gasteiger partial charge in [-0.05, 0) is 60.2 Å². The number of fused-ring (bicyclic) bond motifs is 1. The summed E-state index contributed by atoms with van der Waals surface area (Å²) < 4.78 is 5.57. The molecule has 0 amide bonds. The monoisotopic (exact) mass is 367 g/mol. The fourth-order valence-corrected chi connectivity index (χ4v) is 4.43. The number of thiophene rings is 1. The summed E-state index contributed by atoms with van der Waals surface area (Å²) in [6.07, 6.45) is 4.80. The van der Waals surface area contributed by atoms with E-state index in [-0.39, 0.29) is 0 Å². The fourth-order valence-electron chi connectivity index (χ4n) is 3.76. The van der Waals surface area contributed by atoms with Crippen molar-refractivity contribution in [3.8, 4) is 5.75 Å². The van der Waals surface area contributed by atoms with E-state index in [4.69, 9.17) is 9.72 Å². The van der Waals surface area contributed by atoms with Gasteiger partial charge >= 0.3 is 0 Å². The highest BCUT2D eigenvalue weighted by Gasteiger charge is 2.22. The van der Waals surface area contributed by atoms with Crippen molar-refractivity contribution in [1.29, 1.82) is 0 Å². The van der Waals surface area contributed by atoms with Crippen LogP contribution in [0.5, 0.6) is 5.75 Å². The van der Waals surface area contributed by atoms with Crippen LogP contribution in [0.25, 0.3) is 10.9 Å². The van der Waals surface area contributed by atoms with Crippen LogP contribution in [0, 0.1) is 0 Å². The van der Waals surface area contributed by atoms with Crippen molar-refractivity contribution in [1.82, 2.24) is 10.3 Å². The molecule has 0 radical (unpaired) electrons. The number of nitrogens with zero attached hydrogens (tertiary/aromatic N) is 1. The summed E-state index contributed by atoms with van der Waals surface area (Å²) in [6.45, 7) is 0.961. The summed E-state index contributed by atoms with van der Waals surface area (Å²) in [7, 11) is 1.72. The van der Waals surface area contributed by atoms with Gasteiger partial charge in [-0.2, -0.15) is 11.3 Å². The molecule has 1 fully saturated rings. The standard InChI is InChI=1S/C21H25N3OS/c1-25-20-12-21(24-19-8-3-2-7-18(19)20)23-17-6-4-5-16(11-17)22-13-15-9-10-26-14-15/h2-3,7-10,12,14,16-17,22H,4-6,11,13H2,1H3,(H,23,24)/t16-,17-/m0/s1. The van der Waals surface area contributed by atoms with E-state index in [2.05, 4.69) is 33.5 Å². The quantitative estimate of drug-likeness (QED) is 0.656. The maximum absolute atomic E-state index is 5.57. The van der Waals surface area contributed by atoms with Crippen LogP contribution in [0.2, 0.25) is 0 Å². The molecular weight excluding hydrogens is 342 g/mol. The number of ether oxygens (including phenoxy) is 1. The van der Waals surface area contributed by atoms with Crippen LogP contribution in [0.15, 0.2) is 47.2 Å². The molecule has 1 aliphatic carbocycles. The highest BCUT2D eigenvalue weighted by atomic mass is 32.1. The third kappa shape index (κ3) is 4.00. The Balaban J connectivity index is 1.42. The third-order valence-corrected chi connectivity index (χ3v) is 5.83. The molecule has 5 heteroatoms. The summed E-state index contributed by atoms with van der Waals surface area (Å²) in [4.78, 5) is 4.78. The minimum atomic E-state index is 0.446. The lowest BCUT2D eigenvalue weighted by Crippen LogP contribution is -2.38. The molecule has 1 saturated carbocycles. The van der Waals surface area contributed by atoms with Crippen LogP contribution in [0.1, 0.15) is 31.2 Å². The normalized spacial score (nSPS) is 20.2. The van der Waals surface area contributed by atoms with Crippen LogP contribution in [0.3, 0.4) is 0 Å². The lowest BCUT2D eigenvalue weighted by atomic mass is 9.91. The molecule has 1 aromatic carbocycles. The molecule has 4 nitrogen and oxygen atoms in total. The Kier molecular flexibility index (Phi) is 5.37. The van der Waals surface area contributed by atoms with Gasteiger partial charge in [-0.15, -0.1) is 0 Å². The highest BCUT2D eigenvalue weighted by Crippen LogP contribution is 2.29. The molecule has 0 spiro atoms. The highest BCUT2D eigenvalue weighted by molar-refractivity contribution is 7.07. The molecule has 1 aliphatic rings. The topological polar surface area (TPSA) is 46.2 Å². The zero-order chi connectivity index (χ0) is 17.8. The van der Waals surface area contributed by atoms with Crippen LogP contribution >= 0.6 is 11.3 Å². The summed E-state index contributed by atoms with van der Waals surface area (Å²) in [5.74, 6) is 1.78. The van der Waals surface area contributed by atoms with Gasteiger partial charge in [-0.1, -0.05) is 12.1 Å². The maximum atomic E-state index is 5.57. The Morgan fingerprint density at radius 1 is 1.19 bits per heavy atom.